The molecule has 2 aliphatic rings. The van der Waals surface area contributed by atoms with Gasteiger partial charge in [-0.25, -0.2) is 0 Å². The highest BCUT2D eigenvalue weighted by molar-refractivity contribution is 6.30. The summed E-state index contributed by atoms with van der Waals surface area (Å²) in [6.07, 6.45) is 4.14. The molecule has 1 saturated carbocycles. The Kier molecular flexibility index (Phi) is 3.75. The number of halogens is 1. The predicted octanol–water partition coefficient (Wildman–Crippen LogP) is 1.62. The number of rotatable bonds is 3. The van der Waals surface area contributed by atoms with E-state index in [-0.39, 0.29) is 17.9 Å². The van der Waals surface area contributed by atoms with Gasteiger partial charge in [0.25, 0.3) is 0 Å². The van der Waals surface area contributed by atoms with Crippen LogP contribution in [0.25, 0.3) is 0 Å². The molecular formula is C12H20ClNO2. The summed E-state index contributed by atoms with van der Waals surface area (Å²) in [7, 11) is 0. The minimum atomic E-state index is -0.447. The number of carbonyl (C=O) groups excluding carboxylic acids is 1. The number of aliphatic hydroxyl groups is 1. The molecule has 2 fully saturated rings. The molecule has 1 aliphatic carbocycles. The Bertz CT molecular complexity index is 266. The van der Waals surface area contributed by atoms with Crippen molar-refractivity contribution < 1.29 is 9.90 Å². The van der Waals surface area contributed by atoms with Crippen LogP contribution in [0.15, 0.2) is 0 Å². The van der Waals surface area contributed by atoms with Crippen molar-refractivity contribution in [2.75, 3.05) is 13.1 Å². The maximum atomic E-state index is 11.8. The number of carbonyl (C=O) groups is 1. The predicted molar refractivity (Wildman–Crippen MR) is 63.3 cm³/mol. The summed E-state index contributed by atoms with van der Waals surface area (Å²) >= 11 is 5.81. The molecule has 0 radical (unpaired) electrons. The second-order valence-electron chi connectivity index (χ2n) is 5.20. The Morgan fingerprint density at radius 3 is 2.75 bits per heavy atom. The molecule has 4 heteroatoms. The monoisotopic (exact) mass is 245 g/mol. The average Bonchev–Trinajstić information content (AvgIpc) is 3.04. The molecule has 0 bridgehead atoms. The number of piperidine rings is 1. The molecule has 1 amide bonds. The zero-order valence-electron chi connectivity index (χ0n) is 9.73. The van der Waals surface area contributed by atoms with E-state index in [1.54, 1.807) is 6.92 Å². The van der Waals surface area contributed by atoms with Crippen molar-refractivity contribution in [2.24, 2.45) is 11.8 Å². The lowest BCUT2D eigenvalue weighted by Gasteiger charge is -2.37. The van der Waals surface area contributed by atoms with Gasteiger partial charge in [0, 0.05) is 19.0 Å². The Hall–Kier alpha value is -0.280. The summed E-state index contributed by atoms with van der Waals surface area (Å²) in [6.45, 7) is 3.05. The largest absolute Gasteiger partial charge is 0.393 e. The van der Waals surface area contributed by atoms with Gasteiger partial charge in [0.2, 0.25) is 5.91 Å². The van der Waals surface area contributed by atoms with Crippen molar-refractivity contribution in [2.45, 2.75) is 44.1 Å². The van der Waals surface area contributed by atoms with Crippen LogP contribution >= 0.6 is 11.6 Å². The number of amides is 1. The molecule has 3 unspecified atom stereocenters. The fourth-order valence-electron chi connectivity index (χ4n) is 2.48. The van der Waals surface area contributed by atoms with Crippen molar-refractivity contribution in [3.05, 3.63) is 0 Å². The van der Waals surface area contributed by atoms with Crippen LogP contribution in [0, 0.1) is 11.8 Å². The van der Waals surface area contributed by atoms with Crippen molar-refractivity contribution in [1.29, 1.82) is 0 Å². The van der Waals surface area contributed by atoms with E-state index in [0.717, 1.165) is 12.3 Å². The van der Waals surface area contributed by atoms with Gasteiger partial charge in [-0.15, -0.1) is 11.6 Å². The van der Waals surface area contributed by atoms with Crippen molar-refractivity contribution >= 4 is 17.5 Å². The molecule has 1 N–H and O–H groups in total. The molecule has 0 aromatic heterocycles. The first-order chi connectivity index (χ1) is 7.58. The number of alkyl halides is 1. The Morgan fingerprint density at radius 2 is 2.19 bits per heavy atom. The van der Waals surface area contributed by atoms with Gasteiger partial charge in [0.05, 0.1) is 6.10 Å². The van der Waals surface area contributed by atoms with Gasteiger partial charge < -0.3 is 10.0 Å². The van der Waals surface area contributed by atoms with Gasteiger partial charge in [-0.05, 0) is 25.7 Å². The van der Waals surface area contributed by atoms with Crippen molar-refractivity contribution in [3.8, 4) is 0 Å². The van der Waals surface area contributed by atoms with Gasteiger partial charge in [0.15, 0.2) is 0 Å². The summed E-state index contributed by atoms with van der Waals surface area (Å²) in [4.78, 5) is 13.6. The van der Waals surface area contributed by atoms with Crippen LogP contribution in [0.2, 0.25) is 0 Å². The minimum absolute atomic E-state index is 0.00867. The summed E-state index contributed by atoms with van der Waals surface area (Å²) in [5.74, 6) is 1.07. The first-order valence-corrected chi connectivity index (χ1v) is 6.62. The summed E-state index contributed by atoms with van der Waals surface area (Å²) < 4.78 is 0. The number of hydrogen-bond acceptors (Lipinski definition) is 2. The first-order valence-electron chi connectivity index (χ1n) is 6.19. The zero-order valence-corrected chi connectivity index (χ0v) is 10.5. The molecular weight excluding hydrogens is 226 g/mol. The van der Waals surface area contributed by atoms with Crippen LogP contribution in [-0.2, 0) is 4.79 Å². The lowest BCUT2D eigenvalue weighted by Crippen LogP contribution is -2.48. The fraction of sp³-hybridized carbons (Fsp3) is 0.917. The normalized spacial score (nSPS) is 32.6. The van der Waals surface area contributed by atoms with E-state index in [2.05, 4.69) is 0 Å². The van der Waals surface area contributed by atoms with E-state index in [0.29, 0.717) is 19.5 Å². The number of hydrogen-bond donors (Lipinski definition) is 1. The van der Waals surface area contributed by atoms with Gasteiger partial charge in [0.1, 0.15) is 5.38 Å². The maximum absolute atomic E-state index is 11.8. The van der Waals surface area contributed by atoms with Crippen LogP contribution in [0.5, 0.6) is 0 Å². The zero-order chi connectivity index (χ0) is 11.7. The topological polar surface area (TPSA) is 40.5 Å². The minimum Gasteiger partial charge on any atom is -0.393 e. The van der Waals surface area contributed by atoms with Gasteiger partial charge >= 0.3 is 0 Å². The highest BCUT2D eigenvalue weighted by Gasteiger charge is 2.35. The lowest BCUT2D eigenvalue weighted by atomic mass is 9.89. The molecule has 1 aliphatic heterocycles. The third-order valence-corrected chi connectivity index (χ3v) is 3.87. The Morgan fingerprint density at radius 1 is 1.50 bits per heavy atom. The van der Waals surface area contributed by atoms with Crippen molar-refractivity contribution in [1.82, 2.24) is 4.90 Å². The summed E-state index contributed by atoms with van der Waals surface area (Å²) in [5.41, 5.74) is 0. The van der Waals surface area contributed by atoms with E-state index in [1.807, 2.05) is 4.90 Å². The number of likely N-dealkylation sites (tertiary alicyclic amines) is 1. The molecule has 0 aromatic rings. The molecule has 16 heavy (non-hydrogen) atoms. The SMILES string of the molecule is CC(Cl)C(=O)N1CCC(O)C(CC2CC2)C1. The van der Waals surface area contributed by atoms with Crippen LogP contribution in [-0.4, -0.2) is 40.5 Å². The molecule has 3 atom stereocenters. The maximum Gasteiger partial charge on any atom is 0.240 e. The van der Waals surface area contributed by atoms with E-state index in [4.69, 9.17) is 11.6 Å². The lowest BCUT2D eigenvalue weighted by molar-refractivity contribution is -0.134. The van der Waals surface area contributed by atoms with Gasteiger partial charge in [-0.3, -0.25) is 4.79 Å². The second-order valence-corrected chi connectivity index (χ2v) is 5.85. The molecule has 1 saturated heterocycles. The highest BCUT2D eigenvalue weighted by Crippen LogP contribution is 2.37. The van der Waals surface area contributed by atoms with Gasteiger partial charge in [-0.2, -0.15) is 0 Å². The van der Waals surface area contributed by atoms with E-state index < -0.39 is 5.38 Å². The first kappa shape index (κ1) is 12.2. The third kappa shape index (κ3) is 2.89. The quantitative estimate of drug-likeness (QED) is 0.768. The molecule has 92 valence electrons. The number of aliphatic hydroxyl groups excluding tert-OH is 1. The van der Waals surface area contributed by atoms with Crippen LogP contribution in [0.1, 0.15) is 32.6 Å². The van der Waals surface area contributed by atoms with Crippen molar-refractivity contribution in [3.63, 3.8) is 0 Å². The van der Waals surface area contributed by atoms with Gasteiger partial charge in [-0.1, -0.05) is 12.8 Å². The van der Waals surface area contributed by atoms with Crippen LogP contribution in [0.4, 0.5) is 0 Å². The molecule has 1 heterocycles. The second kappa shape index (κ2) is 4.92. The summed E-state index contributed by atoms with van der Waals surface area (Å²) in [6, 6.07) is 0. The highest BCUT2D eigenvalue weighted by atomic mass is 35.5. The van der Waals surface area contributed by atoms with E-state index in [9.17, 15) is 9.90 Å². The fourth-order valence-corrected chi connectivity index (χ4v) is 2.62. The Balaban J connectivity index is 1.90. The Labute approximate surface area is 102 Å². The van der Waals surface area contributed by atoms with E-state index in [1.165, 1.54) is 12.8 Å². The third-order valence-electron chi connectivity index (χ3n) is 3.68. The molecule has 2 rings (SSSR count). The molecule has 3 nitrogen and oxygen atoms in total. The summed E-state index contributed by atoms with van der Waals surface area (Å²) in [5, 5.41) is 9.47. The van der Waals surface area contributed by atoms with Crippen LogP contribution < -0.4 is 0 Å². The smallest absolute Gasteiger partial charge is 0.240 e. The standard InChI is InChI=1S/C12H20ClNO2/c1-8(13)12(16)14-5-4-11(15)10(7-14)6-9-2-3-9/h8-11,15H,2-7H2,1H3. The molecule has 0 aromatic carbocycles. The average molecular weight is 246 g/mol. The number of nitrogens with zero attached hydrogens (tertiary/aromatic N) is 1. The van der Waals surface area contributed by atoms with E-state index >= 15 is 0 Å². The molecule has 0 spiro atoms. The van der Waals surface area contributed by atoms with Crippen LogP contribution in [0.3, 0.4) is 0 Å².